The Kier molecular flexibility index (Phi) is 60.8. The minimum absolute atomic E-state index is 0.101. The second-order valence-corrected chi connectivity index (χ2v) is 21.3. The summed E-state index contributed by atoms with van der Waals surface area (Å²) in [6.45, 7) is 6.45. The Balaban J connectivity index is 4.21. The maximum absolute atomic E-state index is 12.9. The molecule has 6 heteroatoms. The number of hydrogen-bond donors (Lipinski definition) is 0. The lowest BCUT2D eigenvalue weighted by molar-refractivity contribution is -0.166. The molecule has 76 heavy (non-hydrogen) atoms. The highest BCUT2D eigenvalue weighted by molar-refractivity contribution is 5.71. The molecule has 0 heterocycles. The molecule has 0 aromatic carbocycles. The minimum atomic E-state index is -0.810. The van der Waals surface area contributed by atoms with Crippen molar-refractivity contribution in [3.8, 4) is 0 Å². The van der Waals surface area contributed by atoms with Crippen molar-refractivity contribution in [2.75, 3.05) is 13.2 Å². The van der Waals surface area contributed by atoms with Crippen molar-refractivity contribution >= 4 is 17.9 Å². The summed E-state index contributed by atoms with van der Waals surface area (Å²) in [6.07, 6.45) is 85.9. The van der Waals surface area contributed by atoms with Crippen LogP contribution >= 0.6 is 0 Å². The molecule has 436 valence electrons. The van der Waals surface area contributed by atoms with Crippen LogP contribution in [0.4, 0.5) is 0 Å². The van der Waals surface area contributed by atoms with Crippen LogP contribution in [0.15, 0.2) is 97.2 Å². The first-order chi connectivity index (χ1) is 37.5. The molecular weight excluding hydrogens is 937 g/mol. The maximum atomic E-state index is 12.9. The standard InChI is InChI=1S/C70H120O6/c1-4-7-10-13-16-19-22-25-27-28-29-30-31-32-33-34-35-36-37-38-39-40-41-42-43-46-48-51-54-57-60-63-69(72)75-66-67(65-74-68(71)62-59-56-53-50-47-44-24-21-18-15-12-9-6-3)76-70(73)64-61-58-55-52-49-45-26-23-20-17-14-11-8-5-2/h9,12,18,21-23,25-26,28-29,31-32,44,47,53,56,67H,4-8,10-11,13-17,19-20,24,27,30,33-43,45-46,48-52,54-55,57-66H2,1-3H3/b12-9-,21-18-,25-22-,26-23-,29-28-,32-31-,47-44-,56-53-. The van der Waals surface area contributed by atoms with Gasteiger partial charge in [0, 0.05) is 19.3 Å². The zero-order valence-electron chi connectivity index (χ0n) is 50.0. The Morgan fingerprint density at radius 3 is 0.895 bits per heavy atom. The zero-order chi connectivity index (χ0) is 55.0. The number of esters is 3. The van der Waals surface area contributed by atoms with Crippen molar-refractivity contribution in [2.24, 2.45) is 0 Å². The second-order valence-electron chi connectivity index (χ2n) is 21.3. The van der Waals surface area contributed by atoms with Crippen LogP contribution in [-0.4, -0.2) is 37.2 Å². The summed E-state index contributed by atoms with van der Waals surface area (Å²) in [6, 6.07) is 0. The van der Waals surface area contributed by atoms with E-state index in [1.807, 2.05) is 6.08 Å². The number of ether oxygens (including phenoxy) is 3. The second kappa shape index (κ2) is 63.9. The Morgan fingerprint density at radius 2 is 0.539 bits per heavy atom. The summed E-state index contributed by atoms with van der Waals surface area (Å²) in [5.41, 5.74) is 0. The molecule has 1 atom stereocenters. The maximum Gasteiger partial charge on any atom is 0.306 e. The highest BCUT2D eigenvalue weighted by Crippen LogP contribution is 2.16. The van der Waals surface area contributed by atoms with Crippen LogP contribution in [0.1, 0.15) is 310 Å². The lowest BCUT2D eigenvalue weighted by Crippen LogP contribution is -2.30. The molecule has 0 bridgehead atoms. The first kappa shape index (κ1) is 72.3. The number of unbranched alkanes of at least 4 members (excludes halogenated alkanes) is 31. The van der Waals surface area contributed by atoms with Gasteiger partial charge < -0.3 is 14.2 Å². The summed E-state index contributed by atoms with van der Waals surface area (Å²) >= 11 is 0. The van der Waals surface area contributed by atoms with Gasteiger partial charge in [0.05, 0.1) is 0 Å². The lowest BCUT2D eigenvalue weighted by atomic mass is 10.0. The third-order valence-electron chi connectivity index (χ3n) is 13.8. The van der Waals surface area contributed by atoms with E-state index in [0.29, 0.717) is 19.3 Å². The summed E-state index contributed by atoms with van der Waals surface area (Å²) in [4.78, 5) is 38.2. The fourth-order valence-electron chi connectivity index (χ4n) is 8.99. The summed E-state index contributed by atoms with van der Waals surface area (Å²) in [5, 5.41) is 0. The topological polar surface area (TPSA) is 78.9 Å². The van der Waals surface area contributed by atoms with Crippen LogP contribution in [0.25, 0.3) is 0 Å². The average molecular weight is 1060 g/mol. The van der Waals surface area contributed by atoms with E-state index in [0.717, 1.165) is 89.9 Å². The van der Waals surface area contributed by atoms with Gasteiger partial charge in [-0.05, 0) is 109 Å². The van der Waals surface area contributed by atoms with Crippen LogP contribution in [0.3, 0.4) is 0 Å². The van der Waals surface area contributed by atoms with E-state index in [-0.39, 0.29) is 37.5 Å². The van der Waals surface area contributed by atoms with Gasteiger partial charge in [0.25, 0.3) is 0 Å². The normalized spacial score (nSPS) is 12.7. The van der Waals surface area contributed by atoms with E-state index < -0.39 is 6.10 Å². The van der Waals surface area contributed by atoms with Crippen molar-refractivity contribution in [2.45, 2.75) is 316 Å². The van der Waals surface area contributed by atoms with Gasteiger partial charge in [-0.25, -0.2) is 0 Å². The fraction of sp³-hybridized carbons (Fsp3) is 0.729. The number of carbonyl (C=O) groups is 3. The fourth-order valence-corrected chi connectivity index (χ4v) is 8.99. The first-order valence-corrected chi connectivity index (χ1v) is 32.2. The molecule has 0 aliphatic heterocycles. The summed E-state index contributed by atoms with van der Waals surface area (Å²) in [7, 11) is 0. The molecule has 0 rings (SSSR count). The molecule has 0 fully saturated rings. The molecule has 0 saturated heterocycles. The Labute approximate surface area is 470 Å². The van der Waals surface area contributed by atoms with Gasteiger partial charge in [0.1, 0.15) is 13.2 Å². The molecule has 0 saturated carbocycles. The van der Waals surface area contributed by atoms with E-state index in [1.165, 1.54) is 173 Å². The Hall–Kier alpha value is -3.67. The third kappa shape index (κ3) is 61.2. The molecule has 0 spiro atoms. The number of rotatable bonds is 58. The Bertz CT molecular complexity index is 1490. The van der Waals surface area contributed by atoms with Gasteiger partial charge in [-0.3, -0.25) is 14.4 Å². The molecule has 0 aromatic heterocycles. The molecule has 0 amide bonds. The van der Waals surface area contributed by atoms with E-state index in [9.17, 15) is 14.4 Å². The van der Waals surface area contributed by atoms with Crippen molar-refractivity contribution < 1.29 is 28.6 Å². The van der Waals surface area contributed by atoms with Gasteiger partial charge >= 0.3 is 17.9 Å². The molecule has 0 N–H and O–H groups in total. The van der Waals surface area contributed by atoms with Gasteiger partial charge in [-0.15, -0.1) is 0 Å². The van der Waals surface area contributed by atoms with E-state index in [1.54, 1.807) is 0 Å². The molecule has 0 aromatic rings. The molecular formula is C70H120O6. The first-order valence-electron chi connectivity index (χ1n) is 32.2. The van der Waals surface area contributed by atoms with E-state index >= 15 is 0 Å². The van der Waals surface area contributed by atoms with E-state index in [2.05, 4.69) is 112 Å². The molecule has 0 radical (unpaired) electrons. The van der Waals surface area contributed by atoms with Crippen LogP contribution in [0, 0.1) is 0 Å². The van der Waals surface area contributed by atoms with Crippen LogP contribution in [0.2, 0.25) is 0 Å². The van der Waals surface area contributed by atoms with Crippen molar-refractivity contribution in [3.63, 3.8) is 0 Å². The highest BCUT2D eigenvalue weighted by Gasteiger charge is 2.19. The minimum Gasteiger partial charge on any atom is -0.462 e. The number of carbonyl (C=O) groups excluding carboxylic acids is 3. The highest BCUT2D eigenvalue weighted by atomic mass is 16.6. The summed E-state index contributed by atoms with van der Waals surface area (Å²) in [5.74, 6) is -0.988. The molecule has 0 aliphatic rings. The number of allylic oxidation sites excluding steroid dienone is 16. The van der Waals surface area contributed by atoms with Gasteiger partial charge in [-0.1, -0.05) is 279 Å². The van der Waals surface area contributed by atoms with Gasteiger partial charge in [0.15, 0.2) is 6.10 Å². The summed E-state index contributed by atoms with van der Waals surface area (Å²) < 4.78 is 16.8. The lowest BCUT2D eigenvalue weighted by Gasteiger charge is -2.18. The smallest absolute Gasteiger partial charge is 0.306 e. The van der Waals surface area contributed by atoms with Crippen molar-refractivity contribution in [1.29, 1.82) is 0 Å². The predicted molar refractivity (Wildman–Crippen MR) is 330 cm³/mol. The van der Waals surface area contributed by atoms with Crippen LogP contribution in [-0.2, 0) is 28.6 Å². The molecule has 6 nitrogen and oxygen atoms in total. The average Bonchev–Trinajstić information content (AvgIpc) is 3.42. The Morgan fingerprint density at radius 1 is 0.276 bits per heavy atom. The van der Waals surface area contributed by atoms with Crippen LogP contribution in [0.5, 0.6) is 0 Å². The molecule has 1 unspecified atom stereocenters. The number of hydrogen-bond acceptors (Lipinski definition) is 6. The SMILES string of the molecule is CC/C=C\C/C=C\C/C=C\C/C=C\CCC(=O)OCC(COC(=O)CCCCCCCCCCCCCCCCCC/C=C\C/C=C\C/C=C\CCCCCCC)OC(=O)CCCCCCC/C=C\CCCCCCC. The van der Waals surface area contributed by atoms with Gasteiger partial charge in [-0.2, -0.15) is 0 Å². The third-order valence-corrected chi connectivity index (χ3v) is 13.8. The van der Waals surface area contributed by atoms with Crippen molar-refractivity contribution in [3.05, 3.63) is 97.2 Å². The van der Waals surface area contributed by atoms with Crippen LogP contribution < -0.4 is 0 Å². The molecule has 0 aliphatic carbocycles. The monoisotopic (exact) mass is 1060 g/mol. The quantitative estimate of drug-likeness (QED) is 0.0261. The van der Waals surface area contributed by atoms with E-state index in [4.69, 9.17) is 14.2 Å². The predicted octanol–water partition coefficient (Wildman–Crippen LogP) is 22.0. The zero-order valence-corrected chi connectivity index (χ0v) is 50.0. The van der Waals surface area contributed by atoms with Gasteiger partial charge in [0.2, 0.25) is 0 Å². The van der Waals surface area contributed by atoms with Crippen molar-refractivity contribution in [1.82, 2.24) is 0 Å². The largest absolute Gasteiger partial charge is 0.462 e.